The third-order valence-corrected chi connectivity index (χ3v) is 4.55. The summed E-state index contributed by atoms with van der Waals surface area (Å²) < 4.78 is 42.9. The van der Waals surface area contributed by atoms with Crippen LogP contribution in [-0.2, 0) is 29.2 Å². The van der Waals surface area contributed by atoms with E-state index in [4.69, 9.17) is 4.74 Å². The third kappa shape index (κ3) is 14.7. The number of rotatable bonds is 14. The maximum atomic E-state index is 11.7. The smallest absolute Gasteiger partial charge is 0.747 e. The van der Waals surface area contributed by atoms with Crippen molar-refractivity contribution in [2.75, 3.05) is 6.61 Å². The molecular formula is C17H29NaO7S. The Morgan fingerprint density at radius 2 is 1.62 bits per heavy atom. The van der Waals surface area contributed by atoms with E-state index < -0.39 is 33.7 Å². The van der Waals surface area contributed by atoms with E-state index in [1.807, 2.05) is 0 Å². The molecule has 0 aromatic carbocycles. The Labute approximate surface area is 178 Å². The van der Waals surface area contributed by atoms with Crippen molar-refractivity contribution in [3.05, 3.63) is 12.3 Å². The zero-order valence-electron chi connectivity index (χ0n) is 16.1. The normalized spacial score (nSPS) is 12.4. The average molecular weight is 400 g/mol. The van der Waals surface area contributed by atoms with E-state index in [2.05, 4.69) is 11.7 Å². The maximum Gasteiger partial charge on any atom is 1.00 e. The number of esters is 2. The molecule has 9 heteroatoms. The average Bonchev–Trinajstić information content (AvgIpc) is 2.54. The van der Waals surface area contributed by atoms with E-state index in [0.29, 0.717) is 12.8 Å². The van der Waals surface area contributed by atoms with Crippen molar-refractivity contribution in [3.8, 4) is 0 Å². The van der Waals surface area contributed by atoms with E-state index in [1.54, 1.807) is 6.92 Å². The van der Waals surface area contributed by atoms with Gasteiger partial charge in [0.05, 0.1) is 19.3 Å². The Morgan fingerprint density at radius 1 is 1.04 bits per heavy atom. The second kappa shape index (κ2) is 16.7. The number of allylic oxidation sites excluding steroid dienone is 1. The number of ether oxygens (including phenoxy) is 2. The quantitative estimate of drug-likeness (QED) is 0.133. The molecule has 0 aliphatic heterocycles. The van der Waals surface area contributed by atoms with Gasteiger partial charge in [-0.1, -0.05) is 52.4 Å². The van der Waals surface area contributed by atoms with Crippen molar-refractivity contribution in [2.45, 2.75) is 76.9 Å². The van der Waals surface area contributed by atoms with Gasteiger partial charge in [0.15, 0.2) is 5.25 Å². The molecule has 0 fully saturated rings. The molecule has 0 spiro atoms. The molecule has 1 atom stereocenters. The zero-order chi connectivity index (χ0) is 19.1. The Hall–Kier alpha value is -0.410. The first-order valence-corrected chi connectivity index (χ1v) is 10.3. The van der Waals surface area contributed by atoms with Gasteiger partial charge < -0.3 is 14.0 Å². The molecule has 26 heavy (non-hydrogen) atoms. The van der Waals surface area contributed by atoms with Crippen LogP contribution in [-0.4, -0.2) is 36.8 Å². The predicted molar refractivity (Wildman–Crippen MR) is 92.6 cm³/mol. The molecule has 0 rings (SSSR count). The van der Waals surface area contributed by atoms with Gasteiger partial charge in [-0.3, -0.25) is 9.59 Å². The van der Waals surface area contributed by atoms with E-state index >= 15 is 0 Å². The van der Waals surface area contributed by atoms with Crippen LogP contribution in [0.15, 0.2) is 12.3 Å². The van der Waals surface area contributed by atoms with Crippen molar-refractivity contribution in [1.29, 1.82) is 0 Å². The molecule has 0 N–H and O–H groups in total. The van der Waals surface area contributed by atoms with Gasteiger partial charge in [0.25, 0.3) is 0 Å². The summed E-state index contributed by atoms with van der Waals surface area (Å²) in [5.41, 5.74) is 0. The largest absolute Gasteiger partial charge is 1.00 e. The first kappa shape index (κ1) is 27.8. The van der Waals surface area contributed by atoms with Crippen LogP contribution < -0.4 is 29.6 Å². The molecule has 146 valence electrons. The van der Waals surface area contributed by atoms with Gasteiger partial charge in [0, 0.05) is 0 Å². The maximum absolute atomic E-state index is 11.7. The second-order valence-electron chi connectivity index (χ2n) is 5.74. The van der Waals surface area contributed by atoms with Gasteiger partial charge >= 0.3 is 41.5 Å². The van der Waals surface area contributed by atoms with Gasteiger partial charge in [-0.2, -0.15) is 0 Å². The molecule has 0 bridgehead atoms. The molecule has 0 aromatic rings. The molecule has 0 radical (unpaired) electrons. The van der Waals surface area contributed by atoms with Crippen molar-refractivity contribution < 1.29 is 61.6 Å². The fraction of sp³-hybridized carbons (Fsp3) is 0.765. The van der Waals surface area contributed by atoms with Crippen LogP contribution in [0.2, 0.25) is 0 Å². The summed E-state index contributed by atoms with van der Waals surface area (Å²) in [6.45, 7) is 4.07. The van der Waals surface area contributed by atoms with Crippen LogP contribution >= 0.6 is 0 Å². The van der Waals surface area contributed by atoms with E-state index in [-0.39, 0.29) is 36.2 Å². The van der Waals surface area contributed by atoms with Gasteiger partial charge in [-0.25, -0.2) is 8.42 Å². The molecule has 0 aliphatic carbocycles. The van der Waals surface area contributed by atoms with E-state index in [1.165, 1.54) is 25.3 Å². The first-order chi connectivity index (χ1) is 11.8. The Morgan fingerprint density at radius 3 is 2.15 bits per heavy atom. The van der Waals surface area contributed by atoms with Gasteiger partial charge in [-0.05, 0) is 18.9 Å². The summed E-state index contributed by atoms with van der Waals surface area (Å²) in [5.74, 6) is -2.17. The minimum absolute atomic E-state index is 0. The van der Waals surface area contributed by atoms with Crippen LogP contribution in [0.4, 0.5) is 0 Å². The summed E-state index contributed by atoms with van der Waals surface area (Å²) in [5, 5.41) is -2.09. The van der Waals surface area contributed by atoms with Crippen LogP contribution in [0.1, 0.15) is 71.6 Å². The van der Waals surface area contributed by atoms with Gasteiger partial charge in [0.1, 0.15) is 10.1 Å². The molecule has 0 saturated heterocycles. The zero-order valence-corrected chi connectivity index (χ0v) is 18.9. The Kier molecular flexibility index (Phi) is 17.9. The van der Waals surface area contributed by atoms with Crippen LogP contribution in [0.5, 0.6) is 0 Å². The number of carbonyl (C=O) groups is 2. The number of unbranched alkanes of at least 4 members (excludes halogenated alkanes) is 6. The van der Waals surface area contributed by atoms with Crippen molar-refractivity contribution in [3.63, 3.8) is 0 Å². The molecule has 1 unspecified atom stereocenters. The molecule has 0 amide bonds. The summed E-state index contributed by atoms with van der Waals surface area (Å²) in [4.78, 5) is 23.3. The number of hydrogen-bond donors (Lipinski definition) is 0. The Bertz CT molecular complexity index is 517. The van der Waals surface area contributed by atoms with Crippen LogP contribution in [0.25, 0.3) is 0 Å². The summed E-state index contributed by atoms with van der Waals surface area (Å²) >= 11 is 0. The molecule has 0 heterocycles. The SMILES string of the molecule is CC/C=C/OC(=O)C(CC(=O)OCCCCCCCCC)S(=O)(=O)[O-].[Na+]. The molecule has 0 aliphatic rings. The van der Waals surface area contributed by atoms with Crippen molar-refractivity contribution >= 4 is 22.1 Å². The fourth-order valence-corrected chi connectivity index (χ4v) is 2.68. The summed E-state index contributed by atoms with van der Waals surface area (Å²) in [6.07, 6.45) is 9.55. The van der Waals surface area contributed by atoms with Crippen LogP contribution in [0, 0.1) is 0 Å². The number of hydrogen-bond acceptors (Lipinski definition) is 7. The first-order valence-electron chi connectivity index (χ1n) is 8.78. The molecule has 0 saturated carbocycles. The Balaban J connectivity index is 0. The fourth-order valence-electron chi connectivity index (χ4n) is 2.05. The summed E-state index contributed by atoms with van der Waals surface area (Å²) in [7, 11) is -5.00. The number of carbonyl (C=O) groups excluding carboxylic acids is 2. The monoisotopic (exact) mass is 400 g/mol. The van der Waals surface area contributed by atoms with Gasteiger partial charge in [-0.15, -0.1) is 0 Å². The van der Waals surface area contributed by atoms with Crippen molar-refractivity contribution in [2.24, 2.45) is 0 Å². The molecule has 7 nitrogen and oxygen atoms in total. The topological polar surface area (TPSA) is 110 Å². The standard InChI is InChI=1S/C17H30O7S.Na/c1-3-5-7-8-9-10-11-13-23-16(18)14-15(25(20,21)22)17(19)24-12-6-4-2;/h6,12,15H,3-5,7-11,13-14H2,1-2H3,(H,20,21,22);/q;+1/p-1/b12-6+;. The van der Waals surface area contributed by atoms with E-state index in [0.717, 1.165) is 25.5 Å². The second-order valence-corrected chi connectivity index (χ2v) is 7.30. The summed E-state index contributed by atoms with van der Waals surface area (Å²) in [6, 6.07) is 0. The third-order valence-electron chi connectivity index (χ3n) is 3.49. The minimum Gasteiger partial charge on any atom is -0.747 e. The minimum atomic E-state index is -5.00. The molecule has 0 aromatic heterocycles. The van der Waals surface area contributed by atoms with Gasteiger partial charge in [0.2, 0.25) is 0 Å². The molecular weight excluding hydrogens is 371 g/mol. The van der Waals surface area contributed by atoms with Crippen LogP contribution in [0.3, 0.4) is 0 Å². The van der Waals surface area contributed by atoms with Crippen molar-refractivity contribution in [1.82, 2.24) is 0 Å². The predicted octanol–water partition coefficient (Wildman–Crippen LogP) is 0.0550. The van der Waals surface area contributed by atoms with E-state index in [9.17, 15) is 22.6 Å².